The first-order chi connectivity index (χ1) is 29.4. The highest BCUT2D eigenvalue weighted by Crippen LogP contribution is 2.44. The predicted octanol–water partition coefficient (Wildman–Crippen LogP) is 10.9. The van der Waals surface area contributed by atoms with Crippen molar-refractivity contribution in [1.29, 1.82) is 10.5 Å². The average Bonchev–Trinajstić information content (AvgIpc) is 3.62. The molecule has 12 heteroatoms. The Morgan fingerprint density at radius 2 is 1.30 bits per heavy atom. The molecule has 0 amide bonds. The summed E-state index contributed by atoms with van der Waals surface area (Å²) >= 11 is 0. The van der Waals surface area contributed by atoms with E-state index in [9.17, 15) is 23.7 Å². The van der Waals surface area contributed by atoms with E-state index in [1.165, 1.54) is 12.1 Å². The maximum absolute atomic E-state index is 15.1. The van der Waals surface area contributed by atoms with E-state index in [0.717, 1.165) is 22.4 Å². The normalized spacial score (nSPS) is 14.7. The van der Waals surface area contributed by atoms with Crippen molar-refractivity contribution < 1.29 is 26.3 Å². The van der Waals surface area contributed by atoms with Crippen LogP contribution in [0.15, 0.2) is 151 Å². The van der Waals surface area contributed by atoms with Crippen molar-refractivity contribution in [2.75, 3.05) is 0 Å². The molecule has 9 rings (SSSR count). The van der Waals surface area contributed by atoms with Gasteiger partial charge in [0.25, 0.3) is 0 Å². The first kappa shape index (κ1) is 38.7. The van der Waals surface area contributed by atoms with Gasteiger partial charge in [0, 0.05) is 33.3 Å². The molecule has 2 aromatic heterocycles. The van der Waals surface area contributed by atoms with Crippen molar-refractivity contribution in [3.8, 4) is 63.1 Å². The Morgan fingerprint density at radius 3 is 1.93 bits per heavy atom. The second-order valence-electron chi connectivity index (χ2n) is 14.4. The Morgan fingerprint density at radius 1 is 0.623 bits per heavy atom. The summed E-state index contributed by atoms with van der Waals surface area (Å²) < 4.78 is 89.1. The van der Waals surface area contributed by atoms with Crippen molar-refractivity contribution in [2.24, 2.45) is 0 Å². The molecule has 0 N–H and O–H groups in total. The van der Waals surface area contributed by atoms with E-state index in [4.69, 9.17) is 15.0 Å². The summed E-state index contributed by atoms with van der Waals surface area (Å²) in [5.74, 6) is 0.489. The molecule has 0 aliphatic heterocycles. The second kappa shape index (κ2) is 15.1. The van der Waals surface area contributed by atoms with Crippen molar-refractivity contribution >= 4 is 22.6 Å². The largest absolute Gasteiger partial charge is 0.417 e. The maximum Gasteiger partial charge on any atom is 0.417 e. The van der Waals surface area contributed by atoms with Gasteiger partial charge < -0.3 is 4.57 Å². The SMILES string of the molecule is N#CC1=CCC(=c2ccc3c4c(n(-c5ccc(-c6nc(-c7ccccc7)nc(-c7ccccc7)n6)c(-c6ccc(C(F)(F)F)cc6C(F)(F)F)c5)c3c2)=CC=CC4)C(C#N)=C1. The molecule has 0 saturated heterocycles. The van der Waals surface area contributed by atoms with Crippen LogP contribution in [0.1, 0.15) is 23.1 Å². The van der Waals surface area contributed by atoms with Gasteiger partial charge in [-0.15, -0.1) is 0 Å². The number of rotatable bonds is 5. The Labute approximate surface area is 344 Å². The monoisotopic (exact) mass is 814 g/mol. The van der Waals surface area contributed by atoms with Gasteiger partial charge in [0.05, 0.1) is 39.7 Å². The van der Waals surface area contributed by atoms with Gasteiger partial charge in [-0.2, -0.15) is 36.9 Å². The van der Waals surface area contributed by atoms with Crippen LogP contribution in [0.25, 0.3) is 73.5 Å². The van der Waals surface area contributed by atoms with E-state index in [1.54, 1.807) is 66.7 Å². The zero-order valence-corrected chi connectivity index (χ0v) is 31.7. The molecule has 7 aromatic rings. The fourth-order valence-electron chi connectivity index (χ4n) is 7.86. The highest BCUT2D eigenvalue weighted by atomic mass is 19.4. The minimum absolute atomic E-state index is 0.00719. The Kier molecular flexibility index (Phi) is 9.56. The fourth-order valence-corrected chi connectivity index (χ4v) is 7.86. The Hall–Kier alpha value is -7.83. The minimum atomic E-state index is -5.19. The summed E-state index contributed by atoms with van der Waals surface area (Å²) in [5, 5.41) is 21.8. The van der Waals surface area contributed by atoms with Crippen LogP contribution in [0, 0.1) is 22.7 Å². The molecular formula is C49H28F6N6. The summed E-state index contributed by atoms with van der Waals surface area (Å²) in [6.07, 6.45) is -0.309. The van der Waals surface area contributed by atoms with Crippen LogP contribution in [-0.2, 0) is 18.8 Å². The summed E-state index contributed by atoms with van der Waals surface area (Å²) in [6.45, 7) is 0. The third kappa shape index (κ3) is 7.19. The van der Waals surface area contributed by atoms with Crippen molar-refractivity contribution in [3.05, 3.63) is 178 Å². The van der Waals surface area contributed by atoms with Gasteiger partial charge in [-0.05, 0) is 88.9 Å². The van der Waals surface area contributed by atoms with Crippen LogP contribution in [-0.4, -0.2) is 19.5 Å². The van der Waals surface area contributed by atoms with Gasteiger partial charge >= 0.3 is 12.4 Å². The van der Waals surface area contributed by atoms with Gasteiger partial charge in [0.1, 0.15) is 0 Å². The van der Waals surface area contributed by atoms with Crippen LogP contribution in [0.3, 0.4) is 0 Å². The van der Waals surface area contributed by atoms with Crippen LogP contribution in [0.4, 0.5) is 26.3 Å². The number of allylic oxidation sites excluding steroid dienone is 6. The number of fused-ring (bicyclic) bond motifs is 3. The molecule has 0 fully saturated rings. The third-order valence-electron chi connectivity index (χ3n) is 10.7. The van der Waals surface area contributed by atoms with E-state index in [-0.39, 0.29) is 34.7 Å². The first-order valence-electron chi connectivity index (χ1n) is 19.0. The number of hydrogen-bond donors (Lipinski definition) is 0. The van der Waals surface area contributed by atoms with Crippen LogP contribution >= 0.6 is 0 Å². The molecule has 61 heavy (non-hydrogen) atoms. The second-order valence-corrected chi connectivity index (χ2v) is 14.4. The van der Waals surface area contributed by atoms with Crippen molar-refractivity contribution in [3.63, 3.8) is 0 Å². The van der Waals surface area contributed by atoms with Gasteiger partial charge in [-0.25, -0.2) is 15.0 Å². The van der Waals surface area contributed by atoms with E-state index >= 15 is 13.2 Å². The molecule has 0 radical (unpaired) electrons. The quantitative estimate of drug-likeness (QED) is 0.161. The van der Waals surface area contributed by atoms with E-state index in [1.807, 2.05) is 53.1 Å². The molecule has 0 spiro atoms. The summed E-state index contributed by atoms with van der Waals surface area (Å²) in [6, 6.07) is 34.4. The number of halogens is 6. The summed E-state index contributed by atoms with van der Waals surface area (Å²) in [4.78, 5) is 14.3. The molecule has 5 aromatic carbocycles. The number of nitriles is 2. The maximum atomic E-state index is 15.1. The Balaban J connectivity index is 1.35. The van der Waals surface area contributed by atoms with E-state index in [2.05, 4.69) is 12.1 Å². The van der Waals surface area contributed by atoms with Crippen LogP contribution in [0.2, 0.25) is 0 Å². The zero-order valence-electron chi connectivity index (χ0n) is 31.7. The average molecular weight is 815 g/mol. The van der Waals surface area contributed by atoms with Gasteiger partial charge in [-0.3, -0.25) is 0 Å². The minimum Gasteiger partial charge on any atom is -0.310 e. The van der Waals surface area contributed by atoms with Crippen LogP contribution < -0.4 is 10.6 Å². The smallest absolute Gasteiger partial charge is 0.310 e. The van der Waals surface area contributed by atoms with E-state index in [0.29, 0.717) is 63.2 Å². The van der Waals surface area contributed by atoms with Gasteiger partial charge in [0.2, 0.25) is 0 Å². The summed E-state index contributed by atoms with van der Waals surface area (Å²) in [7, 11) is 0. The lowest BCUT2D eigenvalue weighted by atomic mass is 9.92. The molecule has 0 unspecified atom stereocenters. The molecule has 0 saturated carbocycles. The molecule has 6 nitrogen and oxygen atoms in total. The molecular weight excluding hydrogens is 787 g/mol. The Bertz CT molecular complexity index is 3180. The van der Waals surface area contributed by atoms with Crippen molar-refractivity contribution in [2.45, 2.75) is 25.2 Å². The third-order valence-corrected chi connectivity index (χ3v) is 10.7. The molecule has 296 valence electrons. The number of nitrogens with zero attached hydrogens (tertiary/aromatic N) is 6. The highest BCUT2D eigenvalue weighted by molar-refractivity contribution is 5.91. The fraction of sp³-hybridized carbons (Fsp3) is 0.0816. The molecule has 2 aliphatic rings. The lowest BCUT2D eigenvalue weighted by Crippen LogP contribution is -2.19. The predicted molar refractivity (Wildman–Crippen MR) is 220 cm³/mol. The lowest BCUT2D eigenvalue weighted by Gasteiger charge is -2.20. The molecule has 2 heterocycles. The molecule has 0 bridgehead atoms. The number of benzene rings is 5. The van der Waals surface area contributed by atoms with E-state index < -0.39 is 29.0 Å². The zero-order chi connectivity index (χ0) is 42.5. The summed E-state index contributed by atoms with van der Waals surface area (Å²) in [5.41, 5.74) is 1.33. The van der Waals surface area contributed by atoms with Crippen molar-refractivity contribution in [1.82, 2.24) is 19.5 Å². The lowest BCUT2D eigenvalue weighted by molar-refractivity contribution is -0.142. The van der Waals surface area contributed by atoms with Gasteiger partial charge in [-0.1, -0.05) is 97.1 Å². The number of aromatic nitrogens is 4. The standard InChI is InChI=1S/C49H28F6N6/c50-48(51,52)34-17-21-37(42(25-34)49(53,54)55)41-26-35(18-22-40(41)47-59-45(30-9-3-1-4-10-30)58-46(60-47)31-11-5-2-6-12-31)61-43-14-8-7-13-38(43)39-20-16-32(24-44(39)61)36-19-15-29(27-56)23-33(36)28-57/h1-12,14-18,20-26H,13,19H2. The molecule has 0 atom stereocenters. The van der Waals surface area contributed by atoms with Crippen LogP contribution in [0.5, 0.6) is 0 Å². The molecule has 2 aliphatic carbocycles. The first-order valence-corrected chi connectivity index (χ1v) is 19.0. The number of alkyl halides is 6. The highest BCUT2D eigenvalue weighted by Gasteiger charge is 2.39. The van der Waals surface area contributed by atoms with Gasteiger partial charge in [0.15, 0.2) is 17.5 Å². The topological polar surface area (TPSA) is 91.2 Å². The number of hydrogen-bond acceptors (Lipinski definition) is 5.